The second-order valence-electron chi connectivity index (χ2n) is 9.12. The molecule has 0 amide bonds. The van der Waals surface area contributed by atoms with Crippen LogP contribution in [0, 0.1) is 0 Å². The average Bonchev–Trinajstić information content (AvgIpc) is 2.94. The van der Waals surface area contributed by atoms with Crippen LogP contribution in [0.4, 0.5) is 0 Å². The molecule has 3 rings (SSSR count). The molecule has 0 spiro atoms. The molecule has 0 heterocycles. The monoisotopic (exact) mass is 586 g/mol. The third-order valence-electron chi connectivity index (χ3n) is 6.78. The molecule has 5 nitrogen and oxygen atoms in total. The number of methoxy groups -OCH3 is 3. The van der Waals surface area contributed by atoms with Crippen LogP contribution in [0.2, 0.25) is 4.82 Å². The van der Waals surface area contributed by atoms with Gasteiger partial charge >= 0.3 is 235 Å². The Labute approximate surface area is 235 Å². The molecule has 3 aromatic carbocycles. The van der Waals surface area contributed by atoms with Gasteiger partial charge in [0.25, 0.3) is 0 Å². The van der Waals surface area contributed by atoms with Crippen molar-refractivity contribution in [1.82, 2.24) is 0 Å². The van der Waals surface area contributed by atoms with Crippen molar-refractivity contribution < 1.29 is 23.7 Å². The average molecular weight is 586 g/mol. The van der Waals surface area contributed by atoms with Crippen LogP contribution in [0.1, 0.15) is 75.0 Å². The molecule has 0 fully saturated rings. The molecule has 3 aromatic rings. The molecular weight excluding hydrogens is 543 g/mol. The summed E-state index contributed by atoms with van der Waals surface area (Å²) in [7, 11) is 5.07. The summed E-state index contributed by atoms with van der Waals surface area (Å²) in [5, 5.41) is 0. The Bertz CT molecular complexity index is 1090. The molecule has 0 unspecified atom stereocenters. The van der Waals surface area contributed by atoms with E-state index in [2.05, 4.69) is 69.3 Å². The fourth-order valence-corrected chi connectivity index (χ4v) is 8.19. The Kier molecular flexibility index (Phi) is 11.5. The Morgan fingerprint density at radius 3 is 1.66 bits per heavy atom. The van der Waals surface area contributed by atoms with E-state index in [0.29, 0.717) is 19.0 Å². The van der Waals surface area contributed by atoms with Crippen molar-refractivity contribution in [2.45, 2.75) is 57.6 Å². The van der Waals surface area contributed by atoms with E-state index >= 15 is 0 Å². The van der Waals surface area contributed by atoms with E-state index in [1.165, 1.54) is 21.2 Å². The molecule has 6 heteroatoms. The van der Waals surface area contributed by atoms with Crippen LogP contribution < -0.4 is 18.7 Å². The molecule has 4 atom stereocenters. The standard InChI is InChI=1S/C32H42O5Se/c1-9-36-21(3)26-17-14-18-27(22(4)37-10-2)32(26)38-23(5)30(24-15-12-11-13-16-24)31-28(34-7)19-25(33-6)20-29(31)35-8/h11-23,30H,9-10H2,1-8H3/t21-,22-,23-,30-/m1/s1. The van der Waals surface area contributed by atoms with E-state index in [1.54, 1.807) is 21.3 Å². The van der Waals surface area contributed by atoms with Gasteiger partial charge in [0.1, 0.15) is 0 Å². The molecule has 0 N–H and O–H groups in total. The zero-order valence-electron chi connectivity index (χ0n) is 23.9. The van der Waals surface area contributed by atoms with E-state index < -0.39 is 0 Å². The summed E-state index contributed by atoms with van der Waals surface area (Å²) in [6.45, 7) is 12.0. The first-order valence-electron chi connectivity index (χ1n) is 13.3. The van der Waals surface area contributed by atoms with Gasteiger partial charge in [-0.25, -0.2) is 0 Å². The predicted molar refractivity (Wildman–Crippen MR) is 156 cm³/mol. The number of hydrogen-bond donors (Lipinski definition) is 0. The molecule has 0 aromatic heterocycles. The van der Waals surface area contributed by atoms with Gasteiger partial charge in [-0.15, -0.1) is 0 Å². The first kappa shape index (κ1) is 30.0. The van der Waals surface area contributed by atoms with E-state index in [9.17, 15) is 0 Å². The van der Waals surface area contributed by atoms with Crippen molar-refractivity contribution in [3.05, 3.63) is 82.9 Å². The number of rotatable bonds is 14. The van der Waals surface area contributed by atoms with E-state index in [-0.39, 0.29) is 37.9 Å². The third-order valence-corrected chi connectivity index (χ3v) is 9.62. The topological polar surface area (TPSA) is 46.2 Å². The normalized spacial score (nSPS) is 14.4. The summed E-state index contributed by atoms with van der Waals surface area (Å²) in [5.41, 5.74) is 4.73. The second kappa shape index (κ2) is 14.6. The van der Waals surface area contributed by atoms with Gasteiger partial charge in [0, 0.05) is 0 Å². The second-order valence-corrected chi connectivity index (χ2v) is 12.0. The Morgan fingerprint density at radius 1 is 0.684 bits per heavy atom. The quantitative estimate of drug-likeness (QED) is 0.193. The summed E-state index contributed by atoms with van der Waals surface area (Å²) in [6.07, 6.45) is -0.00355. The Hall–Kier alpha value is -2.50. The molecule has 0 radical (unpaired) electrons. The van der Waals surface area contributed by atoms with E-state index in [0.717, 1.165) is 17.1 Å². The van der Waals surface area contributed by atoms with Crippen LogP contribution >= 0.6 is 0 Å². The molecule has 0 bridgehead atoms. The summed E-state index contributed by atoms with van der Waals surface area (Å²) >= 11 is 0.0686. The molecular formula is C32H42O5Se. The van der Waals surface area contributed by atoms with E-state index in [1.807, 2.05) is 26.0 Å². The minimum atomic E-state index is -0.00177. The fraction of sp³-hybridized carbons (Fsp3) is 0.438. The minimum absolute atomic E-state index is 0.00177. The predicted octanol–water partition coefficient (Wildman–Crippen LogP) is 6.88. The van der Waals surface area contributed by atoms with Gasteiger partial charge in [-0.1, -0.05) is 0 Å². The van der Waals surface area contributed by atoms with Crippen LogP contribution in [0.15, 0.2) is 60.7 Å². The molecule has 206 valence electrons. The maximum atomic E-state index is 6.09. The first-order chi connectivity index (χ1) is 18.4. The molecule has 0 saturated heterocycles. The number of hydrogen-bond acceptors (Lipinski definition) is 5. The molecule has 0 aliphatic rings. The van der Waals surface area contributed by atoms with Crippen LogP contribution in [-0.4, -0.2) is 49.5 Å². The van der Waals surface area contributed by atoms with Crippen LogP contribution in [0.5, 0.6) is 17.2 Å². The van der Waals surface area contributed by atoms with Crippen molar-refractivity contribution in [3.8, 4) is 17.2 Å². The van der Waals surface area contributed by atoms with Crippen molar-refractivity contribution in [1.29, 1.82) is 0 Å². The molecule has 0 aliphatic heterocycles. The van der Waals surface area contributed by atoms with Crippen LogP contribution in [0.3, 0.4) is 0 Å². The molecule has 38 heavy (non-hydrogen) atoms. The summed E-state index contributed by atoms with van der Waals surface area (Å²) in [4.78, 5) is 0.253. The van der Waals surface area contributed by atoms with Gasteiger partial charge < -0.3 is 0 Å². The number of benzene rings is 3. The van der Waals surface area contributed by atoms with Gasteiger partial charge in [-0.2, -0.15) is 0 Å². The SMILES string of the molecule is CCO[C@H](C)c1cccc([C@@H](C)OCC)c1[Se][C@H](C)[C@H](c1ccccc1)c1c(OC)cc(OC)cc1OC. The maximum absolute atomic E-state index is 6.09. The van der Waals surface area contributed by atoms with Gasteiger partial charge in [0.15, 0.2) is 0 Å². The van der Waals surface area contributed by atoms with Gasteiger partial charge in [0.05, 0.1) is 0 Å². The van der Waals surface area contributed by atoms with Crippen molar-refractivity contribution in [3.63, 3.8) is 0 Å². The summed E-state index contributed by atoms with van der Waals surface area (Å²) in [6, 6.07) is 21.1. The van der Waals surface area contributed by atoms with Gasteiger partial charge in [-0.3, -0.25) is 0 Å². The van der Waals surface area contributed by atoms with Gasteiger partial charge in [-0.05, 0) is 0 Å². The van der Waals surface area contributed by atoms with Crippen LogP contribution in [0.25, 0.3) is 0 Å². The zero-order chi connectivity index (χ0) is 27.7. The third kappa shape index (κ3) is 6.92. The Balaban J connectivity index is 2.19. The molecule has 0 aliphatic carbocycles. The van der Waals surface area contributed by atoms with Gasteiger partial charge in [0.2, 0.25) is 0 Å². The summed E-state index contributed by atoms with van der Waals surface area (Å²) in [5.74, 6) is 2.27. The van der Waals surface area contributed by atoms with Crippen LogP contribution in [-0.2, 0) is 9.47 Å². The molecule has 0 saturated carbocycles. The first-order valence-corrected chi connectivity index (χ1v) is 15.1. The van der Waals surface area contributed by atoms with Crippen molar-refractivity contribution in [2.24, 2.45) is 0 Å². The number of ether oxygens (including phenoxy) is 5. The summed E-state index contributed by atoms with van der Waals surface area (Å²) < 4.78 is 30.9. The van der Waals surface area contributed by atoms with Crippen molar-refractivity contribution >= 4 is 19.4 Å². The van der Waals surface area contributed by atoms with E-state index in [4.69, 9.17) is 23.7 Å². The van der Waals surface area contributed by atoms with Crippen molar-refractivity contribution in [2.75, 3.05) is 34.5 Å². The fourth-order valence-electron chi connectivity index (χ4n) is 4.96. The Morgan fingerprint density at radius 2 is 1.21 bits per heavy atom. The zero-order valence-corrected chi connectivity index (χ0v) is 25.7.